The van der Waals surface area contributed by atoms with Gasteiger partial charge in [-0.2, -0.15) is 0 Å². The van der Waals surface area contributed by atoms with E-state index in [0.29, 0.717) is 12.8 Å². The third-order valence-electron chi connectivity index (χ3n) is 2.41. The lowest BCUT2D eigenvalue weighted by atomic mass is 10.0. The number of hydrogen-bond donors (Lipinski definition) is 1. The lowest BCUT2D eigenvalue weighted by Crippen LogP contribution is -2.18. The molecule has 1 saturated carbocycles. The summed E-state index contributed by atoms with van der Waals surface area (Å²) >= 11 is 0. The van der Waals surface area contributed by atoms with Crippen molar-refractivity contribution < 1.29 is 8.78 Å². The van der Waals surface area contributed by atoms with Gasteiger partial charge < -0.3 is 5.73 Å². The predicted molar refractivity (Wildman–Crippen MR) is 47.8 cm³/mol. The van der Waals surface area contributed by atoms with Gasteiger partial charge in [-0.3, -0.25) is 0 Å². The number of nitrogens with two attached hydrogens (primary N) is 1. The zero-order valence-electron chi connectivity index (χ0n) is 7.01. The molecule has 0 aromatic heterocycles. The molecule has 0 radical (unpaired) electrons. The molecular formula is C8H16ClF2N. The first-order valence-corrected chi connectivity index (χ1v) is 4.24. The Hall–Kier alpha value is 0.110. The summed E-state index contributed by atoms with van der Waals surface area (Å²) in [6.45, 7) is 0. The first-order valence-electron chi connectivity index (χ1n) is 4.24. The van der Waals surface area contributed by atoms with Crippen molar-refractivity contribution in [1.82, 2.24) is 0 Å². The maximum Gasteiger partial charge on any atom is 0.241 e. The fourth-order valence-corrected chi connectivity index (χ4v) is 1.61. The summed E-state index contributed by atoms with van der Waals surface area (Å²) in [5.41, 5.74) is 5.65. The summed E-state index contributed by atoms with van der Waals surface area (Å²) in [4.78, 5) is 0. The SMILES string of the molecule is Cl.NC1CCCC(C(F)F)CC1. The molecule has 1 rings (SSSR count). The molecule has 12 heavy (non-hydrogen) atoms. The Labute approximate surface area is 78.1 Å². The van der Waals surface area contributed by atoms with E-state index in [4.69, 9.17) is 5.73 Å². The summed E-state index contributed by atoms with van der Waals surface area (Å²) in [5, 5.41) is 0. The molecule has 1 nitrogen and oxygen atoms in total. The molecule has 0 aliphatic heterocycles. The Bertz CT molecular complexity index is 122. The second-order valence-electron chi connectivity index (χ2n) is 3.36. The third kappa shape index (κ3) is 3.68. The number of rotatable bonds is 1. The molecule has 0 bridgehead atoms. The molecule has 4 heteroatoms. The van der Waals surface area contributed by atoms with E-state index in [-0.39, 0.29) is 24.4 Å². The third-order valence-corrected chi connectivity index (χ3v) is 2.41. The highest BCUT2D eigenvalue weighted by Crippen LogP contribution is 2.27. The van der Waals surface area contributed by atoms with Crippen molar-refractivity contribution in [2.45, 2.75) is 44.6 Å². The number of halogens is 3. The van der Waals surface area contributed by atoms with Crippen LogP contribution in [0.25, 0.3) is 0 Å². The fraction of sp³-hybridized carbons (Fsp3) is 1.00. The minimum atomic E-state index is -2.14. The Morgan fingerprint density at radius 2 is 1.75 bits per heavy atom. The molecule has 0 saturated heterocycles. The van der Waals surface area contributed by atoms with Crippen LogP contribution in [0, 0.1) is 5.92 Å². The Morgan fingerprint density at radius 3 is 2.33 bits per heavy atom. The number of hydrogen-bond acceptors (Lipinski definition) is 1. The van der Waals surface area contributed by atoms with Crippen molar-refractivity contribution >= 4 is 12.4 Å². The highest BCUT2D eigenvalue weighted by atomic mass is 35.5. The van der Waals surface area contributed by atoms with E-state index in [1.165, 1.54) is 0 Å². The minimum absolute atomic E-state index is 0. The Kier molecular flexibility index (Phi) is 5.76. The van der Waals surface area contributed by atoms with E-state index in [0.717, 1.165) is 19.3 Å². The van der Waals surface area contributed by atoms with Crippen LogP contribution >= 0.6 is 12.4 Å². The molecule has 2 N–H and O–H groups in total. The monoisotopic (exact) mass is 199 g/mol. The number of alkyl halides is 2. The van der Waals surface area contributed by atoms with Gasteiger partial charge in [0.15, 0.2) is 0 Å². The van der Waals surface area contributed by atoms with Gasteiger partial charge in [0.1, 0.15) is 0 Å². The van der Waals surface area contributed by atoms with Gasteiger partial charge in [-0.1, -0.05) is 6.42 Å². The van der Waals surface area contributed by atoms with Gasteiger partial charge in [-0.05, 0) is 25.7 Å². The van der Waals surface area contributed by atoms with Gasteiger partial charge in [0.2, 0.25) is 6.43 Å². The average Bonchev–Trinajstić information content (AvgIpc) is 2.13. The minimum Gasteiger partial charge on any atom is -0.328 e. The Balaban J connectivity index is 0.00000121. The maximum atomic E-state index is 12.2. The molecule has 0 amide bonds. The van der Waals surface area contributed by atoms with E-state index in [9.17, 15) is 8.78 Å². The van der Waals surface area contributed by atoms with Crippen LogP contribution in [0.1, 0.15) is 32.1 Å². The molecular weight excluding hydrogens is 184 g/mol. The van der Waals surface area contributed by atoms with E-state index < -0.39 is 6.43 Å². The molecule has 2 unspecified atom stereocenters. The summed E-state index contributed by atoms with van der Waals surface area (Å²) < 4.78 is 24.4. The van der Waals surface area contributed by atoms with E-state index in [1.807, 2.05) is 0 Å². The van der Waals surface area contributed by atoms with Gasteiger partial charge >= 0.3 is 0 Å². The zero-order valence-corrected chi connectivity index (χ0v) is 7.83. The molecule has 0 aromatic rings. The van der Waals surface area contributed by atoms with Crippen LogP contribution in [0.3, 0.4) is 0 Å². The van der Waals surface area contributed by atoms with Gasteiger partial charge in [-0.25, -0.2) is 8.78 Å². The largest absolute Gasteiger partial charge is 0.328 e. The van der Waals surface area contributed by atoms with E-state index >= 15 is 0 Å². The van der Waals surface area contributed by atoms with Gasteiger partial charge in [0, 0.05) is 12.0 Å². The predicted octanol–water partition coefficient (Wildman–Crippen LogP) is 2.58. The summed E-state index contributed by atoms with van der Waals surface area (Å²) in [6, 6.07) is 0.166. The lowest BCUT2D eigenvalue weighted by Gasteiger charge is -2.11. The molecule has 2 atom stereocenters. The summed E-state index contributed by atoms with van der Waals surface area (Å²) in [7, 11) is 0. The van der Waals surface area contributed by atoms with Gasteiger partial charge in [0.05, 0.1) is 0 Å². The van der Waals surface area contributed by atoms with Crippen molar-refractivity contribution in [3.05, 3.63) is 0 Å². The van der Waals surface area contributed by atoms with Crippen molar-refractivity contribution in [3.63, 3.8) is 0 Å². The van der Waals surface area contributed by atoms with Crippen LogP contribution in [-0.2, 0) is 0 Å². The van der Waals surface area contributed by atoms with Gasteiger partial charge in [0.25, 0.3) is 0 Å². The molecule has 0 aromatic carbocycles. The van der Waals surface area contributed by atoms with Crippen molar-refractivity contribution in [2.24, 2.45) is 11.7 Å². The second-order valence-corrected chi connectivity index (χ2v) is 3.36. The molecule has 74 valence electrons. The lowest BCUT2D eigenvalue weighted by molar-refractivity contribution is 0.0686. The molecule has 1 aliphatic carbocycles. The summed E-state index contributed by atoms with van der Waals surface area (Å²) in [6.07, 6.45) is 1.69. The van der Waals surface area contributed by atoms with Crippen LogP contribution in [0.5, 0.6) is 0 Å². The highest BCUT2D eigenvalue weighted by molar-refractivity contribution is 5.85. The smallest absolute Gasteiger partial charge is 0.241 e. The normalized spacial score (nSPS) is 31.0. The topological polar surface area (TPSA) is 26.0 Å². The van der Waals surface area contributed by atoms with E-state index in [1.54, 1.807) is 0 Å². The van der Waals surface area contributed by atoms with Crippen LogP contribution in [0.15, 0.2) is 0 Å². The fourth-order valence-electron chi connectivity index (χ4n) is 1.61. The zero-order chi connectivity index (χ0) is 8.27. The first kappa shape index (κ1) is 12.1. The standard InChI is InChI=1S/C8H15F2N.ClH/c9-8(10)6-2-1-3-7(11)5-4-6;/h6-8H,1-5,11H2;1H. The second kappa shape index (κ2) is 5.70. The van der Waals surface area contributed by atoms with Gasteiger partial charge in [-0.15, -0.1) is 12.4 Å². The summed E-state index contributed by atoms with van der Waals surface area (Å²) in [5.74, 6) is -0.386. The molecule has 0 spiro atoms. The maximum absolute atomic E-state index is 12.2. The molecule has 1 fully saturated rings. The van der Waals surface area contributed by atoms with E-state index in [2.05, 4.69) is 0 Å². The average molecular weight is 200 g/mol. The quantitative estimate of drug-likeness (QED) is 0.646. The van der Waals surface area contributed by atoms with Crippen molar-refractivity contribution in [3.8, 4) is 0 Å². The highest BCUT2D eigenvalue weighted by Gasteiger charge is 2.23. The van der Waals surface area contributed by atoms with Crippen LogP contribution < -0.4 is 5.73 Å². The molecule has 1 aliphatic rings. The Morgan fingerprint density at radius 1 is 1.08 bits per heavy atom. The first-order chi connectivity index (χ1) is 5.20. The van der Waals surface area contributed by atoms with Crippen molar-refractivity contribution in [1.29, 1.82) is 0 Å². The van der Waals surface area contributed by atoms with Crippen molar-refractivity contribution in [2.75, 3.05) is 0 Å². The molecule has 0 heterocycles. The van der Waals surface area contributed by atoms with Crippen LogP contribution in [-0.4, -0.2) is 12.5 Å². The van der Waals surface area contributed by atoms with Crippen LogP contribution in [0.4, 0.5) is 8.78 Å². The van der Waals surface area contributed by atoms with Crippen LogP contribution in [0.2, 0.25) is 0 Å².